The summed E-state index contributed by atoms with van der Waals surface area (Å²) in [7, 11) is 1.49. The van der Waals surface area contributed by atoms with Crippen molar-refractivity contribution in [2.75, 3.05) is 33.4 Å². The van der Waals surface area contributed by atoms with Crippen LogP contribution in [0.25, 0.3) is 0 Å². The van der Waals surface area contributed by atoms with Crippen molar-refractivity contribution in [1.82, 2.24) is 15.2 Å². The first kappa shape index (κ1) is 25.5. The van der Waals surface area contributed by atoms with Gasteiger partial charge in [0.05, 0.1) is 18.3 Å². The van der Waals surface area contributed by atoms with Crippen LogP contribution in [0.2, 0.25) is 10.0 Å². The van der Waals surface area contributed by atoms with E-state index in [2.05, 4.69) is 10.3 Å². The second-order valence-electron chi connectivity index (χ2n) is 7.52. The molecule has 0 spiro atoms. The number of hydrogen-bond acceptors (Lipinski definition) is 5. The Morgan fingerprint density at radius 2 is 1.88 bits per heavy atom. The number of methoxy groups -OCH3 is 1. The first-order valence-electron chi connectivity index (χ1n) is 10.8. The van der Waals surface area contributed by atoms with E-state index in [1.807, 2.05) is 49.5 Å². The SMILES string of the molecule is CCN(C(=O)COC)C1CN(C(=NCCc2ccc(Cl)cc2)NC#N)N=C1c1ccc(Cl)cc1. The number of amides is 1. The number of carbonyl (C=O) groups is 1. The number of likely N-dealkylation sites (N-methyl/N-ethyl adjacent to an activating group) is 1. The molecule has 1 heterocycles. The summed E-state index contributed by atoms with van der Waals surface area (Å²) in [5, 5.41) is 19.6. The summed E-state index contributed by atoms with van der Waals surface area (Å²) < 4.78 is 5.07. The summed E-state index contributed by atoms with van der Waals surface area (Å²) in [6.07, 6.45) is 2.61. The lowest BCUT2D eigenvalue weighted by Crippen LogP contribution is -2.49. The van der Waals surface area contributed by atoms with Crippen LogP contribution < -0.4 is 5.32 Å². The van der Waals surface area contributed by atoms with E-state index in [4.69, 9.17) is 33.0 Å². The van der Waals surface area contributed by atoms with Gasteiger partial charge in [0.25, 0.3) is 0 Å². The molecule has 2 aromatic carbocycles. The number of halogens is 2. The Bertz CT molecular complexity index is 1080. The van der Waals surface area contributed by atoms with Gasteiger partial charge in [-0.05, 0) is 43.2 Å². The largest absolute Gasteiger partial charge is 0.375 e. The van der Waals surface area contributed by atoms with Crippen molar-refractivity contribution in [3.63, 3.8) is 0 Å². The molecule has 8 nitrogen and oxygen atoms in total. The van der Waals surface area contributed by atoms with Gasteiger partial charge in [0.2, 0.25) is 11.9 Å². The van der Waals surface area contributed by atoms with E-state index < -0.39 is 0 Å². The van der Waals surface area contributed by atoms with Crippen molar-refractivity contribution >= 4 is 40.8 Å². The summed E-state index contributed by atoms with van der Waals surface area (Å²) in [5.41, 5.74) is 2.60. The van der Waals surface area contributed by atoms with E-state index >= 15 is 0 Å². The summed E-state index contributed by atoms with van der Waals surface area (Å²) in [6.45, 7) is 3.14. The third-order valence-corrected chi connectivity index (χ3v) is 5.83. The lowest BCUT2D eigenvalue weighted by Gasteiger charge is -2.29. The molecule has 1 atom stereocenters. The number of benzene rings is 2. The zero-order valence-electron chi connectivity index (χ0n) is 19.0. The maximum atomic E-state index is 12.7. The number of hydrogen-bond donors (Lipinski definition) is 1. The molecule has 0 radical (unpaired) electrons. The van der Waals surface area contributed by atoms with Crippen LogP contribution in [-0.4, -0.2) is 66.9 Å². The normalized spacial score (nSPS) is 15.6. The van der Waals surface area contributed by atoms with Crippen LogP contribution in [0.1, 0.15) is 18.1 Å². The summed E-state index contributed by atoms with van der Waals surface area (Å²) in [4.78, 5) is 19.0. The van der Waals surface area contributed by atoms with Gasteiger partial charge in [-0.1, -0.05) is 47.5 Å². The van der Waals surface area contributed by atoms with Gasteiger partial charge in [-0.25, -0.2) is 5.01 Å². The number of carbonyl (C=O) groups excluding carboxylic acids is 1. The number of rotatable bonds is 8. The molecule has 0 saturated carbocycles. The summed E-state index contributed by atoms with van der Waals surface area (Å²) in [6, 6.07) is 14.5. The van der Waals surface area contributed by atoms with Crippen molar-refractivity contribution in [2.24, 2.45) is 10.1 Å². The van der Waals surface area contributed by atoms with Crippen molar-refractivity contribution < 1.29 is 9.53 Å². The molecule has 10 heteroatoms. The van der Waals surface area contributed by atoms with Crippen molar-refractivity contribution in [3.05, 3.63) is 69.7 Å². The highest BCUT2D eigenvalue weighted by Crippen LogP contribution is 2.21. The van der Waals surface area contributed by atoms with Gasteiger partial charge >= 0.3 is 0 Å². The highest BCUT2D eigenvalue weighted by molar-refractivity contribution is 6.31. The molecule has 34 heavy (non-hydrogen) atoms. The monoisotopic (exact) mass is 500 g/mol. The van der Waals surface area contributed by atoms with E-state index in [0.29, 0.717) is 47.8 Å². The quantitative estimate of drug-likeness (QED) is 0.259. The standard InChI is InChI=1S/C24H26Cl2N6O2/c1-3-31(22(33)15-34-2)21-14-32(30-23(21)18-6-10-20(26)11-7-18)24(29-16-27)28-13-12-17-4-8-19(25)9-5-17/h4-11,21H,3,12-15H2,1-2H3,(H,28,29). The van der Waals surface area contributed by atoms with Gasteiger partial charge in [-0.2, -0.15) is 10.4 Å². The number of hydrazone groups is 1. The fourth-order valence-electron chi connectivity index (χ4n) is 3.69. The number of aliphatic imine (C=N–C) groups is 1. The van der Waals surface area contributed by atoms with Gasteiger partial charge in [0.15, 0.2) is 6.19 Å². The van der Waals surface area contributed by atoms with Crippen molar-refractivity contribution in [1.29, 1.82) is 5.26 Å². The van der Waals surface area contributed by atoms with Crippen LogP contribution in [0, 0.1) is 11.5 Å². The van der Waals surface area contributed by atoms with Crippen molar-refractivity contribution in [3.8, 4) is 6.19 Å². The average molecular weight is 501 g/mol. The molecule has 1 amide bonds. The van der Waals surface area contributed by atoms with Crippen LogP contribution in [-0.2, 0) is 16.0 Å². The molecule has 0 aliphatic carbocycles. The molecular weight excluding hydrogens is 475 g/mol. The Balaban J connectivity index is 1.88. The molecule has 1 aliphatic rings. The summed E-state index contributed by atoms with van der Waals surface area (Å²) >= 11 is 12.0. The van der Waals surface area contributed by atoms with E-state index in [0.717, 1.165) is 11.1 Å². The van der Waals surface area contributed by atoms with Crippen LogP contribution in [0.4, 0.5) is 0 Å². The van der Waals surface area contributed by atoms with Gasteiger partial charge in [0.1, 0.15) is 6.61 Å². The van der Waals surface area contributed by atoms with E-state index in [1.165, 1.54) is 7.11 Å². The summed E-state index contributed by atoms with van der Waals surface area (Å²) in [5.74, 6) is 0.175. The van der Waals surface area contributed by atoms with Crippen LogP contribution in [0.5, 0.6) is 0 Å². The van der Waals surface area contributed by atoms with Crippen LogP contribution in [0.3, 0.4) is 0 Å². The second kappa shape index (κ2) is 12.4. The predicted molar refractivity (Wildman–Crippen MR) is 134 cm³/mol. The molecule has 178 valence electrons. The molecule has 1 aliphatic heterocycles. The molecule has 0 bridgehead atoms. The zero-order valence-corrected chi connectivity index (χ0v) is 20.6. The Morgan fingerprint density at radius 1 is 1.24 bits per heavy atom. The lowest BCUT2D eigenvalue weighted by molar-refractivity contribution is -0.136. The maximum Gasteiger partial charge on any atom is 0.249 e. The topological polar surface area (TPSA) is 93.3 Å². The third kappa shape index (κ3) is 6.48. The van der Waals surface area contributed by atoms with Gasteiger partial charge < -0.3 is 9.64 Å². The van der Waals surface area contributed by atoms with E-state index in [-0.39, 0.29) is 18.6 Å². The first-order valence-corrected chi connectivity index (χ1v) is 11.6. The molecule has 1 unspecified atom stereocenters. The molecule has 0 aromatic heterocycles. The molecule has 0 saturated heterocycles. The minimum Gasteiger partial charge on any atom is -0.375 e. The third-order valence-electron chi connectivity index (χ3n) is 5.32. The van der Waals surface area contributed by atoms with E-state index in [9.17, 15) is 10.1 Å². The Kier molecular flexibility index (Phi) is 9.28. The number of ether oxygens (including phenoxy) is 1. The highest BCUT2D eigenvalue weighted by atomic mass is 35.5. The van der Waals surface area contributed by atoms with Gasteiger partial charge in [-0.15, -0.1) is 0 Å². The van der Waals surface area contributed by atoms with Gasteiger partial charge in [-0.3, -0.25) is 15.1 Å². The molecule has 3 rings (SSSR count). The van der Waals surface area contributed by atoms with Crippen LogP contribution in [0.15, 0.2) is 58.6 Å². The number of nitriles is 1. The van der Waals surface area contributed by atoms with E-state index in [1.54, 1.807) is 22.0 Å². The highest BCUT2D eigenvalue weighted by Gasteiger charge is 2.36. The second-order valence-corrected chi connectivity index (χ2v) is 8.39. The number of nitrogens with one attached hydrogen (secondary N) is 1. The molecule has 0 fully saturated rings. The minimum absolute atomic E-state index is 0.0310. The minimum atomic E-state index is -0.351. The Labute approximate surface area is 209 Å². The number of nitrogens with zero attached hydrogens (tertiary/aromatic N) is 5. The zero-order chi connectivity index (χ0) is 24.5. The fourth-order valence-corrected chi connectivity index (χ4v) is 3.95. The fraction of sp³-hybridized carbons (Fsp3) is 0.333. The lowest BCUT2D eigenvalue weighted by atomic mass is 10.0. The van der Waals surface area contributed by atoms with Gasteiger partial charge in [0, 0.05) is 35.8 Å². The first-order chi connectivity index (χ1) is 16.5. The molecule has 1 N–H and O–H groups in total. The van der Waals surface area contributed by atoms with Crippen molar-refractivity contribution in [2.45, 2.75) is 19.4 Å². The Morgan fingerprint density at radius 3 is 2.47 bits per heavy atom. The molecular formula is C24H26Cl2N6O2. The number of guanidine groups is 1. The van der Waals surface area contributed by atoms with Crippen LogP contribution >= 0.6 is 23.2 Å². The molecule has 2 aromatic rings. The Hall–Kier alpha value is -3.12. The maximum absolute atomic E-state index is 12.7. The predicted octanol–water partition coefficient (Wildman–Crippen LogP) is 3.55. The average Bonchev–Trinajstić information content (AvgIpc) is 3.26. The smallest absolute Gasteiger partial charge is 0.249 e.